The van der Waals surface area contributed by atoms with Gasteiger partial charge < -0.3 is 0 Å². The molecule has 0 saturated heterocycles. The number of halogens is 3. The Morgan fingerprint density at radius 2 is 1.81 bits per heavy atom. The summed E-state index contributed by atoms with van der Waals surface area (Å²) in [5.74, 6) is -1.83. The van der Waals surface area contributed by atoms with Crippen molar-refractivity contribution in [1.82, 2.24) is 0 Å². The zero-order valence-electron chi connectivity index (χ0n) is 8.41. The summed E-state index contributed by atoms with van der Waals surface area (Å²) in [4.78, 5) is 11.1. The van der Waals surface area contributed by atoms with Crippen molar-refractivity contribution >= 4 is 22.5 Å². The maximum Gasteiger partial charge on any atom is 0.454 e. The van der Waals surface area contributed by atoms with Gasteiger partial charge in [0.15, 0.2) is 0 Å². The lowest BCUT2D eigenvalue weighted by molar-refractivity contribution is -0.165. The quantitative estimate of drug-likeness (QED) is 0.759. The van der Waals surface area contributed by atoms with Crippen LogP contribution >= 0.6 is 11.8 Å². The first-order chi connectivity index (χ1) is 7.45. The highest BCUT2D eigenvalue weighted by atomic mass is 32.2. The second-order valence-electron chi connectivity index (χ2n) is 2.94. The Bertz CT molecular complexity index is 395. The molecular formula is C11H9F3OS. The predicted molar refractivity (Wildman–Crippen MR) is 59.0 cm³/mol. The molecule has 0 aliphatic carbocycles. The van der Waals surface area contributed by atoms with E-state index in [4.69, 9.17) is 0 Å². The van der Waals surface area contributed by atoms with E-state index in [1.54, 1.807) is 36.6 Å². The Kier molecular flexibility index (Phi) is 4.18. The number of carbonyl (C=O) groups excluding carboxylic acids is 1. The van der Waals surface area contributed by atoms with Crippen LogP contribution < -0.4 is 0 Å². The minimum atomic E-state index is -4.81. The Morgan fingerprint density at radius 3 is 2.25 bits per heavy atom. The normalized spacial score (nSPS) is 12.6. The van der Waals surface area contributed by atoms with Crippen molar-refractivity contribution in [2.75, 3.05) is 6.26 Å². The van der Waals surface area contributed by atoms with Crippen LogP contribution in [0.4, 0.5) is 13.2 Å². The maximum absolute atomic E-state index is 12.1. The molecule has 0 aliphatic rings. The molecule has 0 aliphatic heterocycles. The third-order valence-corrected chi connectivity index (χ3v) is 2.61. The number of rotatable bonds is 3. The zero-order valence-corrected chi connectivity index (χ0v) is 9.23. The van der Waals surface area contributed by atoms with E-state index in [9.17, 15) is 18.0 Å². The zero-order chi connectivity index (χ0) is 12.2. The molecule has 0 radical (unpaired) electrons. The fourth-order valence-electron chi connectivity index (χ4n) is 1.06. The van der Waals surface area contributed by atoms with Crippen molar-refractivity contribution < 1.29 is 18.0 Å². The van der Waals surface area contributed by atoms with Crippen LogP contribution in [-0.4, -0.2) is 18.2 Å². The topological polar surface area (TPSA) is 17.1 Å². The predicted octanol–water partition coefficient (Wildman–Crippen LogP) is 3.52. The van der Waals surface area contributed by atoms with E-state index in [1.165, 1.54) is 0 Å². The first kappa shape index (κ1) is 12.8. The molecule has 0 fully saturated rings. The van der Waals surface area contributed by atoms with Gasteiger partial charge in [0.2, 0.25) is 0 Å². The van der Waals surface area contributed by atoms with Gasteiger partial charge in [-0.15, -0.1) is 11.8 Å². The van der Waals surface area contributed by atoms with Gasteiger partial charge in [-0.2, -0.15) is 13.2 Å². The number of ketones is 1. The van der Waals surface area contributed by atoms with Crippen LogP contribution in [-0.2, 0) is 4.79 Å². The lowest BCUT2D eigenvalue weighted by Gasteiger charge is -2.05. The van der Waals surface area contributed by atoms with Crippen molar-refractivity contribution in [2.24, 2.45) is 0 Å². The van der Waals surface area contributed by atoms with Crippen molar-refractivity contribution in [3.63, 3.8) is 0 Å². The fourth-order valence-corrected chi connectivity index (χ4v) is 1.66. The van der Waals surface area contributed by atoms with Crippen molar-refractivity contribution in [3.05, 3.63) is 42.0 Å². The molecule has 1 aromatic carbocycles. The number of hydrogen-bond acceptors (Lipinski definition) is 2. The van der Waals surface area contributed by atoms with Gasteiger partial charge in [-0.3, -0.25) is 4.79 Å². The number of hydrogen-bond donors (Lipinski definition) is 0. The lowest BCUT2D eigenvalue weighted by atomic mass is 10.2. The summed E-state index contributed by atoms with van der Waals surface area (Å²) in [6.45, 7) is 0. The standard InChI is InChI=1S/C11H9F3OS/c1-16-9(7-10(15)11(12,13)14)8-5-3-2-4-6-8/h2-7H,1H3/b9-7+. The van der Waals surface area contributed by atoms with Crippen LogP contribution in [0.25, 0.3) is 4.91 Å². The second-order valence-corrected chi connectivity index (χ2v) is 3.79. The van der Waals surface area contributed by atoms with Crippen molar-refractivity contribution in [2.45, 2.75) is 6.18 Å². The SMILES string of the molecule is CS/C(=C/C(=O)C(F)(F)F)c1ccccc1. The molecule has 16 heavy (non-hydrogen) atoms. The van der Waals surface area contributed by atoms with Crippen molar-refractivity contribution in [1.29, 1.82) is 0 Å². The van der Waals surface area contributed by atoms with E-state index < -0.39 is 12.0 Å². The van der Waals surface area contributed by atoms with Crippen LogP contribution in [0, 0.1) is 0 Å². The summed E-state index contributed by atoms with van der Waals surface area (Å²) in [6, 6.07) is 8.49. The largest absolute Gasteiger partial charge is 0.454 e. The minimum absolute atomic E-state index is 0.308. The molecule has 86 valence electrons. The van der Waals surface area contributed by atoms with Gasteiger partial charge in [0.1, 0.15) is 0 Å². The summed E-state index contributed by atoms with van der Waals surface area (Å²) in [5.41, 5.74) is 0.604. The average molecular weight is 246 g/mol. The monoisotopic (exact) mass is 246 g/mol. The molecule has 0 bridgehead atoms. The van der Waals surface area contributed by atoms with E-state index in [2.05, 4.69) is 0 Å². The third-order valence-electron chi connectivity index (χ3n) is 1.82. The summed E-state index contributed by atoms with van der Waals surface area (Å²) in [5, 5.41) is 0. The summed E-state index contributed by atoms with van der Waals surface area (Å²) in [6.07, 6.45) is -2.56. The van der Waals surface area contributed by atoms with E-state index >= 15 is 0 Å². The molecule has 0 heterocycles. The smallest absolute Gasteiger partial charge is 0.285 e. The Hall–Kier alpha value is -1.23. The highest BCUT2D eigenvalue weighted by Crippen LogP contribution is 2.27. The molecule has 0 unspecified atom stereocenters. The van der Waals surface area contributed by atoms with Gasteiger partial charge in [0.25, 0.3) is 5.78 Å². The van der Waals surface area contributed by atoms with Crippen LogP contribution in [0.2, 0.25) is 0 Å². The molecule has 0 atom stereocenters. The summed E-state index contributed by atoms with van der Waals surface area (Å²) < 4.78 is 36.2. The summed E-state index contributed by atoms with van der Waals surface area (Å²) >= 11 is 1.11. The molecule has 0 spiro atoms. The number of allylic oxidation sites excluding steroid dienone is 1. The third kappa shape index (κ3) is 3.41. The Balaban J connectivity index is 3.00. The van der Waals surface area contributed by atoms with Crippen molar-refractivity contribution in [3.8, 4) is 0 Å². The number of alkyl halides is 3. The van der Waals surface area contributed by atoms with Gasteiger partial charge in [0, 0.05) is 11.0 Å². The average Bonchev–Trinajstić information content (AvgIpc) is 2.25. The number of carbonyl (C=O) groups is 1. The Labute approximate surface area is 95.3 Å². The minimum Gasteiger partial charge on any atom is -0.285 e. The van der Waals surface area contributed by atoms with Crippen LogP contribution in [0.3, 0.4) is 0 Å². The lowest BCUT2D eigenvalue weighted by Crippen LogP contribution is -2.20. The highest BCUT2D eigenvalue weighted by molar-refractivity contribution is 8.07. The second kappa shape index (κ2) is 5.21. The molecule has 1 rings (SSSR count). The molecule has 0 amide bonds. The van der Waals surface area contributed by atoms with Gasteiger partial charge >= 0.3 is 6.18 Å². The molecule has 1 aromatic rings. The number of benzene rings is 1. The van der Waals surface area contributed by atoms with Gasteiger partial charge in [-0.25, -0.2) is 0 Å². The molecule has 1 nitrogen and oxygen atoms in total. The van der Waals surface area contributed by atoms with E-state index in [1.807, 2.05) is 0 Å². The van der Waals surface area contributed by atoms with E-state index in [0.717, 1.165) is 11.8 Å². The first-order valence-electron chi connectivity index (χ1n) is 4.37. The van der Waals surface area contributed by atoms with Gasteiger partial charge in [-0.1, -0.05) is 30.3 Å². The van der Waals surface area contributed by atoms with E-state index in [-0.39, 0.29) is 0 Å². The molecule has 5 heteroatoms. The van der Waals surface area contributed by atoms with Crippen LogP contribution in [0.15, 0.2) is 36.4 Å². The maximum atomic E-state index is 12.1. The fraction of sp³-hybridized carbons (Fsp3) is 0.182. The van der Waals surface area contributed by atoms with E-state index in [0.29, 0.717) is 16.5 Å². The van der Waals surface area contributed by atoms with Crippen LogP contribution in [0.5, 0.6) is 0 Å². The van der Waals surface area contributed by atoms with Gasteiger partial charge in [0.05, 0.1) is 0 Å². The first-order valence-corrected chi connectivity index (χ1v) is 5.60. The molecule has 0 N–H and O–H groups in total. The van der Waals surface area contributed by atoms with Gasteiger partial charge in [-0.05, 0) is 11.8 Å². The van der Waals surface area contributed by atoms with Crippen LogP contribution in [0.1, 0.15) is 5.56 Å². The molecular weight excluding hydrogens is 237 g/mol. The Morgan fingerprint density at radius 1 is 1.25 bits per heavy atom. The highest BCUT2D eigenvalue weighted by Gasteiger charge is 2.36. The molecule has 0 aromatic heterocycles. The number of thioether (sulfide) groups is 1. The summed E-state index contributed by atoms with van der Waals surface area (Å²) in [7, 11) is 0. The molecule has 0 saturated carbocycles.